The van der Waals surface area contributed by atoms with Crippen LogP contribution in [0.3, 0.4) is 0 Å². The standard InChI is InChI=1S/C12H17IN2O2/c1-3-4-5-8-14(2)10-6-7-12(15(16)17)11(13)9-10/h6-7,9H,3-5,8H2,1-2H3. The SMILES string of the molecule is CCCCCN(C)c1ccc([N+](=O)[O-])c(I)c1. The molecule has 0 amide bonds. The molecule has 0 saturated heterocycles. The van der Waals surface area contributed by atoms with Crippen molar-refractivity contribution in [3.63, 3.8) is 0 Å². The van der Waals surface area contributed by atoms with Crippen LogP contribution >= 0.6 is 22.6 Å². The molecule has 0 heterocycles. The summed E-state index contributed by atoms with van der Waals surface area (Å²) in [5, 5.41) is 10.7. The summed E-state index contributed by atoms with van der Waals surface area (Å²) in [6, 6.07) is 5.25. The van der Waals surface area contributed by atoms with Gasteiger partial charge in [-0.1, -0.05) is 19.8 Å². The lowest BCUT2D eigenvalue weighted by Crippen LogP contribution is -2.18. The molecule has 0 bridgehead atoms. The van der Waals surface area contributed by atoms with Crippen LogP contribution in [-0.2, 0) is 0 Å². The maximum Gasteiger partial charge on any atom is 0.282 e. The topological polar surface area (TPSA) is 46.4 Å². The highest BCUT2D eigenvalue weighted by Crippen LogP contribution is 2.25. The van der Waals surface area contributed by atoms with E-state index in [1.165, 1.54) is 12.8 Å². The van der Waals surface area contributed by atoms with Gasteiger partial charge in [0.25, 0.3) is 5.69 Å². The summed E-state index contributed by atoms with van der Waals surface area (Å²) in [5.74, 6) is 0. The Hall–Kier alpha value is -0.850. The highest BCUT2D eigenvalue weighted by molar-refractivity contribution is 14.1. The molecule has 1 aromatic rings. The van der Waals surface area contributed by atoms with Crippen LogP contribution < -0.4 is 4.90 Å². The molecule has 0 aliphatic heterocycles. The van der Waals surface area contributed by atoms with Crippen LogP contribution in [0.2, 0.25) is 0 Å². The second-order valence-corrected chi connectivity index (χ2v) is 5.18. The van der Waals surface area contributed by atoms with Crippen LogP contribution in [-0.4, -0.2) is 18.5 Å². The van der Waals surface area contributed by atoms with Crippen LogP contribution in [0.1, 0.15) is 26.2 Å². The van der Waals surface area contributed by atoms with E-state index in [0.29, 0.717) is 3.57 Å². The number of unbranched alkanes of at least 4 members (excludes halogenated alkanes) is 2. The molecule has 0 atom stereocenters. The Morgan fingerprint density at radius 2 is 2.12 bits per heavy atom. The molecule has 5 heteroatoms. The fourth-order valence-corrected chi connectivity index (χ4v) is 2.31. The lowest BCUT2D eigenvalue weighted by atomic mass is 10.2. The summed E-state index contributed by atoms with van der Waals surface area (Å²) >= 11 is 2.01. The van der Waals surface area contributed by atoms with E-state index < -0.39 is 0 Å². The molecule has 1 rings (SSSR count). The van der Waals surface area contributed by atoms with Gasteiger partial charge in [0.2, 0.25) is 0 Å². The van der Waals surface area contributed by atoms with Gasteiger partial charge in [0.15, 0.2) is 0 Å². The summed E-state index contributed by atoms with van der Waals surface area (Å²) in [6.45, 7) is 3.16. The molecule has 0 radical (unpaired) electrons. The lowest BCUT2D eigenvalue weighted by Gasteiger charge is -2.19. The van der Waals surface area contributed by atoms with E-state index in [0.717, 1.165) is 18.7 Å². The maximum absolute atomic E-state index is 10.7. The predicted octanol–water partition coefficient (Wildman–Crippen LogP) is 3.83. The van der Waals surface area contributed by atoms with Crippen molar-refractivity contribution in [1.82, 2.24) is 0 Å². The zero-order chi connectivity index (χ0) is 12.8. The van der Waals surface area contributed by atoms with Crippen LogP contribution in [0.25, 0.3) is 0 Å². The molecule has 4 nitrogen and oxygen atoms in total. The van der Waals surface area contributed by atoms with Crippen molar-refractivity contribution >= 4 is 34.0 Å². The van der Waals surface area contributed by atoms with Crippen LogP contribution in [0.15, 0.2) is 18.2 Å². The molecule has 0 aromatic heterocycles. The molecule has 1 aromatic carbocycles. The number of nitro benzene ring substituents is 1. The molecule has 0 fully saturated rings. The molecular weight excluding hydrogens is 331 g/mol. The highest BCUT2D eigenvalue weighted by Gasteiger charge is 2.12. The monoisotopic (exact) mass is 348 g/mol. The molecule has 0 spiro atoms. The first-order valence-corrected chi connectivity index (χ1v) is 6.79. The van der Waals surface area contributed by atoms with E-state index in [9.17, 15) is 10.1 Å². The number of nitrogens with zero attached hydrogens (tertiary/aromatic N) is 2. The average Bonchev–Trinajstić information content (AvgIpc) is 2.28. The smallest absolute Gasteiger partial charge is 0.282 e. The summed E-state index contributed by atoms with van der Waals surface area (Å²) in [7, 11) is 2.02. The number of rotatable bonds is 6. The Bertz CT molecular complexity index is 396. The molecule has 0 aliphatic rings. The molecule has 0 N–H and O–H groups in total. The van der Waals surface area contributed by atoms with Gasteiger partial charge in [0, 0.05) is 25.3 Å². The van der Waals surface area contributed by atoms with E-state index in [1.807, 2.05) is 41.8 Å². The summed E-state index contributed by atoms with van der Waals surface area (Å²) in [4.78, 5) is 12.5. The average molecular weight is 348 g/mol. The Morgan fingerprint density at radius 3 is 2.65 bits per heavy atom. The minimum atomic E-state index is -0.345. The van der Waals surface area contributed by atoms with Crippen LogP contribution in [0, 0.1) is 13.7 Å². The van der Waals surface area contributed by atoms with Gasteiger partial charge in [-0.05, 0) is 41.1 Å². The Labute approximate surface area is 115 Å². The van der Waals surface area contributed by atoms with Crippen molar-refractivity contribution in [2.75, 3.05) is 18.5 Å². The van der Waals surface area contributed by atoms with Gasteiger partial charge >= 0.3 is 0 Å². The number of hydrogen-bond donors (Lipinski definition) is 0. The summed E-state index contributed by atoms with van der Waals surface area (Å²) in [5.41, 5.74) is 1.22. The normalized spacial score (nSPS) is 10.3. The Balaban J connectivity index is 2.72. The Morgan fingerprint density at radius 1 is 1.41 bits per heavy atom. The summed E-state index contributed by atoms with van der Waals surface area (Å²) < 4.78 is 0.687. The molecule has 17 heavy (non-hydrogen) atoms. The van der Waals surface area contributed by atoms with E-state index >= 15 is 0 Å². The largest absolute Gasteiger partial charge is 0.375 e. The van der Waals surface area contributed by atoms with Gasteiger partial charge in [0.1, 0.15) is 0 Å². The second-order valence-electron chi connectivity index (χ2n) is 4.02. The van der Waals surface area contributed by atoms with Gasteiger partial charge in [-0.2, -0.15) is 0 Å². The first-order valence-electron chi connectivity index (χ1n) is 5.71. The molecule has 0 unspecified atom stereocenters. The van der Waals surface area contributed by atoms with Gasteiger partial charge < -0.3 is 4.90 Å². The van der Waals surface area contributed by atoms with E-state index in [1.54, 1.807) is 6.07 Å². The first-order chi connectivity index (χ1) is 8.06. The minimum Gasteiger partial charge on any atom is -0.375 e. The lowest BCUT2D eigenvalue weighted by molar-refractivity contribution is -0.385. The molecular formula is C12H17IN2O2. The van der Waals surface area contributed by atoms with Gasteiger partial charge in [-0.3, -0.25) is 10.1 Å². The fraction of sp³-hybridized carbons (Fsp3) is 0.500. The number of halogens is 1. The van der Waals surface area contributed by atoms with Gasteiger partial charge in [-0.25, -0.2) is 0 Å². The first kappa shape index (κ1) is 14.2. The van der Waals surface area contributed by atoms with Crippen LogP contribution in [0.4, 0.5) is 11.4 Å². The quantitative estimate of drug-likeness (QED) is 0.340. The second kappa shape index (κ2) is 6.78. The molecule has 0 aliphatic carbocycles. The number of hydrogen-bond acceptors (Lipinski definition) is 3. The number of anilines is 1. The fourth-order valence-electron chi connectivity index (χ4n) is 1.61. The third-order valence-corrected chi connectivity index (χ3v) is 3.53. The highest BCUT2D eigenvalue weighted by atomic mass is 127. The third kappa shape index (κ3) is 4.14. The van der Waals surface area contributed by atoms with E-state index in [-0.39, 0.29) is 10.6 Å². The van der Waals surface area contributed by atoms with Crippen molar-refractivity contribution in [1.29, 1.82) is 0 Å². The predicted molar refractivity (Wildman–Crippen MR) is 78.6 cm³/mol. The van der Waals surface area contributed by atoms with Crippen molar-refractivity contribution in [2.45, 2.75) is 26.2 Å². The van der Waals surface area contributed by atoms with Crippen LogP contribution in [0.5, 0.6) is 0 Å². The van der Waals surface area contributed by atoms with Gasteiger partial charge in [-0.15, -0.1) is 0 Å². The zero-order valence-corrected chi connectivity index (χ0v) is 12.3. The van der Waals surface area contributed by atoms with Crippen molar-refractivity contribution in [3.05, 3.63) is 31.9 Å². The van der Waals surface area contributed by atoms with E-state index in [4.69, 9.17) is 0 Å². The molecule has 94 valence electrons. The van der Waals surface area contributed by atoms with Crippen molar-refractivity contribution < 1.29 is 4.92 Å². The number of nitro groups is 1. The minimum absolute atomic E-state index is 0.177. The number of benzene rings is 1. The van der Waals surface area contributed by atoms with Crippen molar-refractivity contribution in [3.8, 4) is 0 Å². The zero-order valence-electron chi connectivity index (χ0n) is 10.1. The summed E-state index contributed by atoms with van der Waals surface area (Å²) in [6.07, 6.45) is 3.57. The third-order valence-electron chi connectivity index (χ3n) is 2.67. The van der Waals surface area contributed by atoms with Crippen molar-refractivity contribution in [2.24, 2.45) is 0 Å². The Kier molecular flexibility index (Phi) is 5.67. The van der Waals surface area contributed by atoms with E-state index in [2.05, 4.69) is 11.8 Å². The van der Waals surface area contributed by atoms with Gasteiger partial charge in [0.05, 0.1) is 8.49 Å². The molecule has 0 saturated carbocycles. The maximum atomic E-state index is 10.7.